The molecule has 0 radical (unpaired) electrons. The van der Waals surface area contributed by atoms with E-state index in [9.17, 15) is 4.79 Å². The molecule has 0 spiro atoms. The van der Waals surface area contributed by atoms with Gasteiger partial charge in [-0.05, 0) is 65.5 Å². The first-order valence-electron chi connectivity index (χ1n) is 13.7. The van der Waals surface area contributed by atoms with Crippen LogP contribution in [0.3, 0.4) is 0 Å². The number of hydrogen-bond acceptors (Lipinski definition) is 7. The van der Waals surface area contributed by atoms with Crippen LogP contribution in [0.5, 0.6) is 0 Å². The van der Waals surface area contributed by atoms with Crippen LogP contribution in [-0.2, 0) is 23.1 Å². The Balaban J connectivity index is 1.42. The minimum absolute atomic E-state index is 0.279. The Morgan fingerprint density at radius 1 is 1.15 bits per heavy atom. The predicted octanol–water partition coefficient (Wildman–Crippen LogP) is 5.31. The highest BCUT2D eigenvalue weighted by atomic mass is 16.5. The Hall–Kier alpha value is -3.39. The van der Waals surface area contributed by atoms with Crippen molar-refractivity contribution < 1.29 is 13.9 Å². The molecule has 0 bridgehead atoms. The fourth-order valence-corrected chi connectivity index (χ4v) is 5.54. The lowest BCUT2D eigenvalue weighted by atomic mass is 10.1. The molecule has 0 N–H and O–H groups in total. The lowest BCUT2D eigenvalue weighted by Gasteiger charge is -2.25. The van der Waals surface area contributed by atoms with Crippen LogP contribution in [0.4, 0.5) is 0 Å². The molecule has 8 heteroatoms. The molecule has 1 aliphatic heterocycles. The zero-order valence-electron chi connectivity index (χ0n) is 24.2. The van der Waals surface area contributed by atoms with Crippen molar-refractivity contribution in [2.75, 3.05) is 13.1 Å². The first-order valence-corrected chi connectivity index (χ1v) is 13.7. The molecule has 3 aliphatic carbocycles. The maximum atomic E-state index is 12.0. The van der Waals surface area contributed by atoms with Gasteiger partial charge in [-0.25, -0.2) is 9.79 Å². The molecule has 1 fully saturated rings. The van der Waals surface area contributed by atoms with Crippen LogP contribution in [0.15, 0.2) is 84.8 Å². The minimum atomic E-state index is -0.458. The van der Waals surface area contributed by atoms with Gasteiger partial charge in [-0.15, -0.1) is 5.10 Å². The highest BCUT2D eigenvalue weighted by Crippen LogP contribution is 2.58. The zero-order chi connectivity index (χ0) is 28.0. The molecule has 0 saturated heterocycles. The fraction of sp³-hybridized carbons (Fsp3) is 0.516. The molecule has 2 heterocycles. The third-order valence-corrected chi connectivity index (χ3v) is 7.61. The second-order valence-corrected chi connectivity index (χ2v) is 12.3. The van der Waals surface area contributed by atoms with Gasteiger partial charge in [0.1, 0.15) is 22.5 Å². The van der Waals surface area contributed by atoms with Crippen molar-refractivity contribution >= 4 is 5.90 Å². The van der Waals surface area contributed by atoms with Crippen LogP contribution >= 0.6 is 0 Å². The number of nitrogens with zero attached hydrogens (tertiary/aromatic N) is 4. The van der Waals surface area contributed by atoms with E-state index < -0.39 is 5.76 Å². The van der Waals surface area contributed by atoms with E-state index in [1.807, 2.05) is 18.2 Å². The minimum Gasteiger partial charge on any atom is -0.488 e. The van der Waals surface area contributed by atoms with Crippen molar-refractivity contribution in [1.82, 2.24) is 14.7 Å². The van der Waals surface area contributed by atoms with E-state index in [4.69, 9.17) is 18.9 Å². The van der Waals surface area contributed by atoms with E-state index in [-0.39, 0.29) is 16.7 Å². The van der Waals surface area contributed by atoms with E-state index >= 15 is 0 Å². The van der Waals surface area contributed by atoms with Crippen LogP contribution in [0.2, 0.25) is 0 Å². The molecule has 1 aromatic rings. The normalized spacial score (nSPS) is 26.4. The zero-order valence-corrected chi connectivity index (χ0v) is 24.2. The molecular formula is C31H40N4O4. The average Bonchev–Trinajstić information content (AvgIpc) is 3.32. The Morgan fingerprint density at radius 3 is 2.67 bits per heavy atom. The average molecular weight is 533 g/mol. The number of rotatable bonds is 8. The second kappa shape index (κ2) is 9.97. The number of fused-ring (bicyclic) bond motifs is 1. The quantitative estimate of drug-likeness (QED) is 0.451. The summed E-state index contributed by atoms with van der Waals surface area (Å²) in [6.45, 7) is 14.3. The fourth-order valence-electron chi connectivity index (χ4n) is 5.54. The highest BCUT2D eigenvalue weighted by molar-refractivity contribution is 5.97. The summed E-state index contributed by atoms with van der Waals surface area (Å²) in [5.41, 5.74) is 3.62. The Bertz CT molecular complexity index is 1420. The summed E-state index contributed by atoms with van der Waals surface area (Å²) in [6, 6.07) is 0. The van der Waals surface area contributed by atoms with Gasteiger partial charge in [-0.1, -0.05) is 48.1 Å². The number of hydrogen-bond donors (Lipinski definition) is 0. The lowest BCUT2D eigenvalue weighted by molar-refractivity contribution is 0.0559. The number of allylic oxidation sites excluding steroid dienone is 9. The van der Waals surface area contributed by atoms with Gasteiger partial charge in [0.05, 0.1) is 6.54 Å². The van der Waals surface area contributed by atoms with E-state index in [1.165, 1.54) is 10.3 Å². The Kier molecular flexibility index (Phi) is 6.95. The smallest absolute Gasteiger partial charge is 0.436 e. The topological polar surface area (TPSA) is 82.1 Å². The van der Waals surface area contributed by atoms with Crippen molar-refractivity contribution in [3.05, 3.63) is 87.0 Å². The van der Waals surface area contributed by atoms with Crippen LogP contribution in [0.1, 0.15) is 66.7 Å². The van der Waals surface area contributed by atoms with Crippen LogP contribution in [0.25, 0.3) is 0 Å². The number of aryl methyl sites for hydroxylation is 1. The van der Waals surface area contributed by atoms with Gasteiger partial charge in [0, 0.05) is 32.1 Å². The summed E-state index contributed by atoms with van der Waals surface area (Å²) in [7, 11) is 1.60. The molecule has 1 saturated carbocycles. The number of aromatic nitrogens is 2. The van der Waals surface area contributed by atoms with Crippen molar-refractivity contribution in [3.63, 3.8) is 0 Å². The summed E-state index contributed by atoms with van der Waals surface area (Å²) in [5.74, 6) is 1.61. The second-order valence-electron chi connectivity index (χ2n) is 12.3. The predicted molar refractivity (Wildman–Crippen MR) is 152 cm³/mol. The molecule has 4 aliphatic rings. The maximum absolute atomic E-state index is 12.0. The van der Waals surface area contributed by atoms with Gasteiger partial charge in [0.2, 0.25) is 11.8 Å². The molecule has 8 nitrogen and oxygen atoms in total. The van der Waals surface area contributed by atoms with Crippen LogP contribution in [-0.4, -0.2) is 50.4 Å². The molecule has 2 atom stereocenters. The van der Waals surface area contributed by atoms with E-state index in [0.717, 1.165) is 47.6 Å². The van der Waals surface area contributed by atoms with E-state index in [2.05, 4.69) is 75.8 Å². The first kappa shape index (κ1) is 27.2. The number of ether oxygens (including phenoxy) is 2. The SMILES string of the molecule is CC1=CCC(CN(Cc2nn(C)c(=O)o2)CC23CC2(C)OC(C2=CC=CC=CC2)=N3)=CC(C)=C1OC(C)(C)C. The van der Waals surface area contributed by atoms with Crippen LogP contribution in [0, 0.1) is 0 Å². The van der Waals surface area contributed by atoms with Gasteiger partial charge >= 0.3 is 5.76 Å². The largest absolute Gasteiger partial charge is 0.488 e. The van der Waals surface area contributed by atoms with Crippen molar-refractivity contribution in [2.45, 2.75) is 84.1 Å². The van der Waals surface area contributed by atoms with E-state index in [0.29, 0.717) is 25.5 Å². The van der Waals surface area contributed by atoms with Gasteiger partial charge in [-0.3, -0.25) is 4.90 Å². The molecule has 5 rings (SSSR count). The summed E-state index contributed by atoms with van der Waals surface area (Å²) >= 11 is 0. The molecule has 208 valence electrons. The van der Waals surface area contributed by atoms with Gasteiger partial charge < -0.3 is 13.9 Å². The molecule has 0 amide bonds. The molecular weight excluding hydrogens is 492 g/mol. The Morgan fingerprint density at radius 2 is 1.95 bits per heavy atom. The highest BCUT2D eigenvalue weighted by Gasteiger charge is 2.72. The maximum Gasteiger partial charge on any atom is 0.436 e. The van der Waals surface area contributed by atoms with Crippen molar-refractivity contribution in [2.24, 2.45) is 12.0 Å². The lowest BCUT2D eigenvalue weighted by Crippen LogP contribution is -2.37. The Labute approximate surface area is 230 Å². The molecule has 1 aromatic heterocycles. The summed E-state index contributed by atoms with van der Waals surface area (Å²) in [5, 5.41) is 4.31. The summed E-state index contributed by atoms with van der Waals surface area (Å²) < 4.78 is 19.4. The third-order valence-electron chi connectivity index (χ3n) is 7.61. The monoisotopic (exact) mass is 532 g/mol. The molecule has 2 unspecified atom stereocenters. The van der Waals surface area contributed by atoms with Crippen molar-refractivity contribution in [1.29, 1.82) is 0 Å². The van der Waals surface area contributed by atoms with Gasteiger partial charge in [-0.2, -0.15) is 4.68 Å². The standard InChI is InChI=1S/C31H40N4O4/c1-21-14-15-23(16-22(2)26(21)38-29(3,4)5)17-35(18-25-33-34(7)28(36)37-25)20-31-19-30(31,6)39-27(32-31)24-12-10-8-9-11-13-24/h8-12,14,16H,13,15,17-20H2,1-7H3. The van der Waals surface area contributed by atoms with Gasteiger partial charge in [0.25, 0.3) is 0 Å². The molecule has 39 heavy (non-hydrogen) atoms. The first-order chi connectivity index (χ1) is 18.4. The van der Waals surface area contributed by atoms with Gasteiger partial charge in [0.15, 0.2) is 0 Å². The summed E-state index contributed by atoms with van der Waals surface area (Å²) in [6.07, 6.45) is 17.2. The van der Waals surface area contributed by atoms with Crippen molar-refractivity contribution in [3.8, 4) is 0 Å². The molecule has 0 aromatic carbocycles. The van der Waals surface area contributed by atoms with Crippen LogP contribution < -0.4 is 5.76 Å². The third kappa shape index (κ3) is 5.81. The number of aliphatic imine (C=N–C) groups is 1. The van der Waals surface area contributed by atoms with E-state index in [1.54, 1.807) is 7.05 Å². The summed E-state index contributed by atoms with van der Waals surface area (Å²) in [4.78, 5) is 19.5.